The van der Waals surface area contributed by atoms with E-state index in [1.54, 1.807) is 6.07 Å². The Morgan fingerprint density at radius 2 is 2.50 bits per heavy atom. The highest BCUT2D eigenvalue weighted by atomic mass is 32.1. The van der Waals surface area contributed by atoms with Crippen LogP contribution >= 0.6 is 11.5 Å². The second-order valence-electron chi connectivity index (χ2n) is 2.82. The standard InChI is InChI=1S/C8H10N4OS/c1-5-6(11-4-13-5)3-10-8-2-7(9)12-14-8/h2,4,10H,3H2,1H3,(H2,9,12). The van der Waals surface area contributed by atoms with Crippen LogP contribution in [0.4, 0.5) is 10.8 Å². The van der Waals surface area contributed by atoms with E-state index in [-0.39, 0.29) is 0 Å². The van der Waals surface area contributed by atoms with Gasteiger partial charge in [0, 0.05) is 6.07 Å². The van der Waals surface area contributed by atoms with E-state index in [0.717, 1.165) is 16.5 Å². The summed E-state index contributed by atoms with van der Waals surface area (Å²) in [5, 5.41) is 4.10. The number of rotatable bonds is 3. The molecule has 0 atom stereocenters. The minimum absolute atomic E-state index is 0.536. The SMILES string of the molecule is Cc1ocnc1CNc1cc(N)ns1. The Morgan fingerprint density at radius 1 is 1.64 bits per heavy atom. The average molecular weight is 210 g/mol. The van der Waals surface area contributed by atoms with Crippen LogP contribution in [-0.2, 0) is 6.54 Å². The zero-order chi connectivity index (χ0) is 9.97. The molecule has 74 valence electrons. The summed E-state index contributed by atoms with van der Waals surface area (Å²) in [5.74, 6) is 1.37. The number of hydrogen-bond acceptors (Lipinski definition) is 6. The fourth-order valence-electron chi connectivity index (χ4n) is 1.04. The van der Waals surface area contributed by atoms with Crippen molar-refractivity contribution in [3.05, 3.63) is 23.9 Å². The van der Waals surface area contributed by atoms with Gasteiger partial charge in [0.05, 0.1) is 6.54 Å². The zero-order valence-corrected chi connectivity index (χ0v) is 8.47. The summed E-state index contributed by atoms with van der Waals surface area (Å²) >= 11 is 1.33. The molecule has 0 amide bonds. The van der Waals surface area contributed by atoms with Crippen LogP contribution in [0.2, 0.25) is 0 Å². The largest absolute Gasteiger partial charge is 0.448 e. The fourth-order valence-corrected chi connectivity index (χ4v) is 1.61. The summed E-state index contributed by atoms with van der Waals surface area (Å²) < 4.78 is 9.02. The molecule has 0 aromatic carbocycles. The number of nitrogens with one attached hydrogen (secondary N) is 1. The highest BCUT2D eigenvalue weighted by molar-refractivity contribution is 7.10. The van der Waals surface area contributed by atoms with Gasteiger partial charge in [0.25, 0.3) is 0 Å². The minimum Gasteiger partial charge on any atom is -0.448 e. The number of nitrogen functional groups attached to an aromatic ring is 1. The molecule has 0 spiro atoms. The Kier molecular flexibility index (Phi) is 2.36. The molecule has 2 heterocycles. The zero-order valence-electron chi connectivity index (χ0n) is 7.65. The first-order valence-corrected chi connectivity index (χ1v) is 4.88. The van der Waals surface area contributed by atoms with Crippen molar-refractivity contribution in [1.82, 2.24) is 9.36 Å². The van der Waals surface area contributed by atoms with Crippen LogP contribution in [0.3, 0.4) is 0 Å². The molecule has 0 fully saturated rings. The van der Waals surface area contributed by atoms with Gasteiger partial charge in [-0.15, -0.1) is 0 Å². The maximum atomic E-state index is 5.48. The molecule has 2 aromatic heterocycles. The van der Waals surface area contributed by atoms with Crippen molar-refractivity contribution in [2.75, 3.05) is 11.1 Å². The van der Waals surface area contributed by atoms with Gasteiger partial charge in [-0.3, -0.25) is 0 Å². The second kappa shape index (κ2) is 3.67. The van der Waals surface area contributed by atoms with E-state index in [4.69, 9.17) is 10.2 Å². The molecule has 3 N–H and O–H groups in total. The summed E-state index contributed by atoms with van der Waals surface area (Å²) in [6, 6.07) is 1.79. The summed E-state index contributed by atoms with van der Waals surface area (Å²) in [4.78, 5) is 4.06. The maximum Gasteiger partial charge on any atom is 0.181 e. The lowest BCUT2D eigenvalue weighted by molar-refractivity contribution is 0.524. The lowest BCUT2D eigenvalue weighted by Gasteiger charge is -1.98. The normalized spacial score (nSPS) is 10.4. The molecule has 0 aliphatic rings. The quantitative estimate of drug-likeness (QED) is 0.805. The Bertz CT molecular complexity index is 422. The van der Waals surface area contributed by atoms with Crippen LogP contribution in [0.5, 0.6) is 0 Å². The molecule has 0 saturated carbocycles. The summed E-state index contributed by atoms with van der Waals surface area (Å²) in [5.41, 5.74) is 6.38. The lowest BCUT2D eigenvalue weighted by Crippen LogP contribution is -1.99. The van der Waals surface area contributed by atoms with E-state index in [1.165, 1.54) is 17.9 Å². The van der Waals surface area contributed by atoms with Gasteiger partial charge < -0.3 is 15.5 Å². The fraction of sp³-hybridized carbons (Fsp3) is 0.250. The molecular weight excluding hydrogens is 200 g/mol. The topological polar surface area (TPSA) is 77.0 Å². The maximum absolute atomic E-state index is 5.48. The van der Waals surface area contributed by atoms with Gasteiger partial charge in [0.15, 0.2) is 6.39 Å². The van der Waals surface area contributed by atoms with Crippen LogP contribution in [-0.4, -0.2) is 9.36 Å². The van der Waals surface area contributed by atoms with Crippen molar-refractivity contribution in [2.24, 2.45) is 0 Å². The van der Waals surface area contributed by atoms with Gasteiger partial charge in [0.1, 0.15) is 22.3 Å². The molecule has 0 bridgehead atoms. The summed E-state index contributed by atoms with van der Waals surface area (Å²) in [6.45, 7) is 2.51. The van der Waals surface area contributed by atoms with Crippen molar-refractivity contribution < 1.29 is 4.42 Å². The third kappa shape index (κ3) is 1.85. The van der Waals surface area contributed by atoms with Gasteiger partial charge in [-0.25, -0.2) is 4.98 Å². The smallest absolute Gasteiger partial charge is 0.181 e. The molecule has 0 aliphatic heterocycles. The summed E-state index contributed by atoms with van der Waals surface area (Å²) in [7, 11) is 0. The van der Waals surface area contributed by atoms with Gasteiger partial charge in [-0.1, -0.05) is 0 Å². The average Bonchev–Trinajstić information content (AvgIpc) is 2.72. The molecule has 2 rings (SSSR count). The number of oxazole rings is 1. The van der Waals surface area contributed by atoms with E-state index in [2.05, 4.69) is 14.7 Å². The predicted molar refractivity (Wildman–Crippen MR) is 55.1 cm³/mol. The number of nitrogens with zero attached hydrogens (tertiary/aromatic N) is 2. The van der Waals surface area contributed by atoms with E-state index < -0.39 is 0 Å². The first kappa shape index (κ1) is 9.01. The van der Waals surface area contributed by atoms with Gasteiger partial charge in [0.2, 0.25) is 0 Å². The lowest BCUT2D eigenvalue weighted by atomic mass is 10.3. The van der Waals surface area contributed by atoms with Crippen LogP contribution in [0.15, 0.2) is 16.9 Å². The van der Waals surface area contributed by atoms with E-state index in [1.807, 2.05) is 6.92 Å². The Balaban J connectivity index is 1.98. The van der Waals surface area contributed by atoms with Crippen molar-refractivity contribution >= 4 is 22.4 Å². The molecule has 5 nitrogen and oxygen atoms in total. The van der Waals surface area contributed by atoms with Gasteiger partial charge >= 0.3 is 0 Å². The van der Waals surface area contributed by atoms with E-state index in [9.17, 15) is 0 Å². The Hall–Kier alpha value is -1.56. The highest BCUT2D eigenvalue weighted by Crippen LogP contribution is 2.18. The number of anilines is 2. The van der Waals surface area contributed by atoms with Gasteiger partial charge in [-0.2, -0.15) is 4.37 Å². The van der Waals surface area contributed by atoms with Crippen molar-refractivity contribution in [3.63, 3.8) is 0 Å². The third-order valence-electron chi connectivity index (χ3n) is 1.80. The first-order valence-electron chi connectivity index (χ1n) is 4.11. The predicted octanol–water partition coefficient (Wildman–Crippen LogP) is 1.63. The van der Waals surface area contributed by atoms with Gasteiger partial charge in [-0.05, 0) is 18.5 Å². The number of nitrogens with two attached hydrogens (primary N) is 1. The number of hydrogen-bond donors (Lipinski definition) is 2. The van der Waals surface area contributed by atoms with Crippen LogP contribution < -0.4 is 11.1 Å². The molecular formula is C8H10N4OS. The Labute approximate surface area is 85.1 Å². The molecule has 6 heteroatoms. The number of aromatic nitrogens is 2. The Morgan fingerprint density at radius 3 is 3.07 bits per heavy atom. The molecule has 0 aliphatic carbocycles. The second-order valence-corrected chi connectivity index (χ2v) is 3.63. The van der Waals surface area contributed by atoms with Crippen LogP contribution in [0.25, 0.3) is 0 Å². The molecule has 0 saturated heterocycles. The minimum atomic E-state index is 0.536. The van der Waals surface area contributed by atoms with Crippen LogP contribution in [0, 0.1) is 6.92 Å². The molecule has 14 heavy (non-hydrogen) atoms. The first-order chi connectivity index (χ1) is 6.75. The number of aryl methyl sites for hydroxylation is 1. The van der Waals surface area contributed by atoms with Crippen molar-refractivity contribution in [2.45, 2.75) is 13.5 Å². The molecule has 0 radical (unpaired) electrons. The highest BCUT2D eigenvalue weighted by Gasteiger charge is 2.03. The molecule has 0 unspecified atom stereocenters. The van der Waals surface area contributed by atoms with Crippen LogP contribution in [0.1, 0.15) is 11.5 Å². The van der Waals surface area contributed by atoms with Crippen molar-refractivity contribution in [1.29, 1.82) is 0 Å². The molecule has 2 aromatic rings. The monoisotopic (exact) mass is 210 g/mol. The summed E-state index contributed by atoms with van der Waals surface area (Å²) in [6.07, 6.45) is 1.44. The third-order valence-corrected chi connectivity index (χ3v) is 2.56. The van der Waals surface area contributed by atoms with E-state index >= 15 is 0 Å². The van der Waals surface area contributed by atoms with Crippen molar-refractivity contribution in [3.8, 4) is 0 Å². The van der Waals surface area contributed by atoms with E-state index in [0.29, 0.717) is 12.4 Å².